The molecule has 0 aliphatic carbocycles. The number of nitrogens with zero attached hydrogens (tertiary/aromatic N) is 1. The quantitative estimate of drug-likeness (QED) is 0.393. The molecular weight excluding hydrogens is 198 g/mol. The first-order valence-electron chi connectivity index (χ1n) is 4.63. The van der Waals surface area contributed by atoms with Crippen molar-refractivity contribution in [3.63, 3.8) is 0 Å². The van der Waals surface area contributed by atoms with Crippen molar-refractivity contribution in [2.75, 3.05) is 27.2 Å². The third-order valence-corrected chi connectivity index (χ3v) is 2.37. The molecular formula is C10H18NO4+. The second-order valence-electron chi connectivity index (χ2n) is 4.01. The number of likely N-dealkylation sites (N-methyl/N-ethyl adjacent to an activating group) is 1. The molecule has 5 heteroatoms. The Balaban J connectivity index is 4.17. The van der Waals surface area contributed by atoms with Gasteiger partial charge < -0.3 is 14.3 Å². The summed E-state index contributed by atoms with van der Waals surface area (Å²) in [5.74, 6) is -1.36. The van der Waals surface area contributed by atoms with Gasteiger partial charge in [-0.25, -0.2) is 9.59 Å². The van der Waals surface area contributed by atoms with Crippen LogP contribution in [0.15, 0.2) is 12.7 Å². The molecule has 0 radical (unpaired) electrons. The highest BCUT2D eigenvalue weighted by Gasteiger charge is 2.27. The van der Waals surface area contributed by atoms with E-state index < -0.39 is 11.9 Å². The summed E-state index contributed by atoms with van der Waals surface area (Å²) in [6.07, 6.45) is 1.09. The minimum atomic E-state index is -0.873. The molecule has 0 aliphatic heterocycles. The molecule has 0 aromatic heterocycles. The van der Waals surface area contributed by atoms with Crippen molar-refractivity contribution >= 4 is 11.9 Å². The Morgan fingerprint density at radius 3 is 2.47 bits per heavy atom. The highest BCUT2D eigenvalue weighted by molar-refractivity contribution is 5.81. The molecule has 86 valence electrons. The van der Waals surface area contributed by atoms with E-state index in [4.69, 9.17) is 9.84 Å². The molecule has 0 aromatic carbocycles. The lowest BCUT2D eigenvalue weighted by Gasteiger charge is -2.33. The van der Waals surface area contributed by atoms with Crippen molar-refractivity contribution < 1.29 is 23.9 Å². The van der Waals surface area contributed by atoms with Crippen molar-refractivity contribution in [2.24, 2.45) is 0 Å². The molecule has 0 fully saturated rings. The summed E-state index contributed by atoms with van der Waals surface area (Å²) in [6.45, 7) is 5.29. The lowest BCUT2D eigenvalue weighted by Crippen LogP contribution is -2.52. The maximum Gasteiger partial charge on any atom is 0.359 e. The van der Waals surface area contributed by atoms with Crippen molar-refractivity contribution in [1.29, 1.82) is 0 Å². The van der Waals surface area contributed by atoms with E-state index in [0.29, 0.717) is 0 Å². The van der Waals surface area contributed by atoms with Gasteiger partial charge in [0, 0.05) is 6.08 Å². The van der Waals surface area contributed by atoms with Crippen LogP contribution in [0.25, 0.3) is 0 Å². The molecule has 0 rings (SSSR count). The smallest absolute Gasteiger partial charge is 0.359 e. The molecule has 0 aliphatic rings. The van der Waals surface area contributed by atoms with Crippen LogP contribution in [0.3, 0.4) is 0 Å². The van der Waals surface area contributed by atoms with E-state index in [-0.39, 0.29) is 23.7 Å². The van der Waals surface area contributed by atoms with E-state index >= 15 is 0 Å². The first kappa shape index (κ1) is 13.6. The Hall–Kier alpha value is -1.36. The van der Waals surface area contributed by atoms with E-state index in [1.165, 1.54) is 0 Å². The van der Waals surface area contributed by atoms with Gasteiger partial charge in [-0.1, -0.05) is 6.58 Å². The summed E-state index contributed by atoms with van der Waals surface area (Å²) < 4.78 is 5.12. The first-order valence-corrected chi connectivity index (χ1v) is 4.63. The summed E-state index contributed by atoms with van der Waals surface area (Å²) in [6, 6.07) is -0.0787. The monoisotopic (exact) mass is 216 g/mol. The molecule has 0 bridgehead atoms. The predicted molar refractivity (Wildman–Crippen MR) is 55.2 cm³/mol. The number of hydrogen-bond acceptors (Lipinski definition) is 3. The predicted octanol–water partition coefficient (Wildman–Crippen LogP) is 0.265. The summed E-state index contributed by atoms with van der Waals surface area (Å²) >= 11 is 0. The highest BCUT2D eigenvalue weighted by Crippen LogP contribution is 2.06. The van der Waals surface area contributed by atoms with Crippen LogP contribution in [0.1, 0.15) is 6.92 Å². The topological polar surface area (TPSA) is 63.6 Å². The number of carbonyl (C=O) groups is 2. The minimum Gasteiger partial charge on any atom is -0.477 e. The number of aliphatic carboxylic acids is 1. The number of quaternary nitrogens is 1. The SMILES string of the molecule is C=CC(=O)OCC(C)[N+](C)(C)CC(=O)O. The second kappa shape index (κ2) is 5.50. The third-order valence-electron chi connectivity index (χ3n) is 2.37. The third kappa shape index (κ3) is 5.17. The Bertz CT molecular complexity index is 260. The van der Waals surface area contributed by atoms with Gasteiger partial charge in [-0.3, -0.25) is 0 Å². The van der Waals surface area contributed by atoms with Gasteiger partial charge in [0.15, 0.2) is 6.54 Å². The van der Waals surface area contributed by atoms with Crippen molar-refractivity contribution in [2.45, 2.75) is 13.0 Å². The standard InChI is InChI=1S/C10H17NO4/c1-5-10(14)15-7-8(2)11(3,4)6-9(12)13/h5,8H,1,6-7H2,2-4H3/p+1. The molecule has 1 unspecified atom stereocenters. The van der Waals surface area contributed by atoms with Crippen LogP contribution in [0.5, 0.6) is 0 Å². The molecule has 15 heavy (non-hydrogen) atoms. The van der Waals surface area contributed by atoms with Crippen LogP contribution in [0.4, 0.5) is 0 Å². The first-order chi connectivity index (χ1) is 6.79. The van der Waals surface area contributed by atoms with Crippen molar-refractivity contribution in [3.8, 4) is 0 Å². The van der Waals surface area contributed by atoms with E-state index in [9.17, 15) is 9.59 Å². The summed E-state index contributed by atoms with van der Waals surface area (Å²) in [5, 5.41) is 8.68. The van der Waals surface area contributed by atoms with Gasteiger partial charge in [-0.15, -0.1) is 0 Å². The number of carboxylic acids is 1. The van der Waals surface area contributed by atoms with E-state index in [0.717, 1.165) is 6.08 Å². The molecule has 0 amide bonds. The minimum absolute atomic E-state index is 0.00714. The normalized spacial score (nSPS) is 13.0. The average Bonchev–Trinajstić information content (AvgIpc) is 2.11. The molecule has 0 saturated carbocycles. The van der Waals surface area contributed by atoms with Gasteiger partial charge in [0.05, 0.1) is 14.1 Å². The number of carboxylic acid groups (broad SMARTS) is 1. The van der Waals surface area contributed by atoms with Crippen LogP contribution in [0, 0.1) is 0 Å². The van der Waals surface area contributed by atoms with Gasteiger partial charge in [0.1, 0.15) is 12.6 Å². The number of esters is 1. The largest absolute Gasteiger partial charge is 0.477 e. The second-order valence-corrected chi connectivity index (χ2v) is 4.01. The highest BCUT2D eigenvalue weighted by atomic mass is 16.5. The van der Waals surface area contributed by atoms with Crippen LogP contribution in [-0.2, 0) is 14.3 Å². The Kier molecular flexibility index (Phi) is 5.00. The van der Waals surface area contributed by atoms with Gasteiger partial charge in [0.2, 0.25) is 0 Å². The fraction of sp³-hybridized carbons (Fsp3) is 0.600. The Morgan fingerprint density at radius 1 is 1.53 bits per heavy atom. The Labute approximate surface area is 89.5 Å². The molecule has 1 atom stereocenters. The zero-order chi connectivity index (χ0) is 12.1. The Morgan fingerprint density at radius 2 is 2.07 bits per heavy atom. The fourth-order valence-electron chi connectivity index (χ4n) is 0.968. The van der Waals surface area contributed by atoms with E-state index in [1.807, 2.05) is 6.92 Å². The number of hydrogen-bond donors (Lipinski definition) is 1. The molecule has 0 saturated heterocycles. The van der Waals surface area contributed by atoms with E-state index in [1.54, 1.807) is 14.1 Å². The zero-order valence-electron chi connectivity index (χ0n) is 9.40. The van der Waals surface area contributed by atoms with Crippen molar-refractivity contribution in [3.05, 3.63) is 12.7 Å². The molecule has 0 aromatic rings. The van der Waals surface area contributed by atoms with Crippen LogP contribution < -0.4 is 0 Å². The van der Waals surface area contributed by atoms with Crippen LogP contribution in [0.2, 0.25) is 0 Å². The lowest BCUT2D eigenvalue weighted by atomic mass is 10.2. The summed E-state index contributed by atoms with van der Waals surface area (Å²) in [5.41, 5.74) is 0. The molecule has 1 N–H and O–H groups in total. The van der Waals surface area contributed by atoms with Crippen molar-refractivity contribution in [1.82, 2.24) is 0 Å². The van der Waals surface area contributed by atoms with Crippen LogP contribution >= 0.6 is 0 Å². The fourth-order valence-corrected chi connectivity index (χ4v) is 0.968. The van der Waals surface area contributed by atoms with E-state index in [2.05, 4.69) is 6.58 Å². The molecule has 0 heterocycles. The number of rotatable bonds is 6. The summed E-state index contributed by atoms with van der Waals surface area (Å²) in [7, 11) is 3.56. The van der Waals surface area contributed by atoms with Gasteiger partial charge >= 0.3 is 11.9 Å². The molecule has 0 spiro atoms. The lowest BCUT2D eigenvalue weighted by molar-refractivity contribution is -0.906. The van der Waals surface area contributed by atoms with Gasteiger partial charge in [-0.05, 0) is 6.92 Å². The maximum absolute atomic E-state index is 10.8. The number of ether oxygens (including phenoxy) is 1. The molecule has 5 nitrogen and oxygen atoms in total. The average molecular weight is 216 g/mol. The zero-order valence-corrected chi connectivity index (χ0v) is 9.40. The van der Waals surface area contributed by atoms with Gasteiger partial charge in [0.25, 0.3) is 0 Å². The summed E-state index contributed by atoms with van der Waals surface area (Å²) in [4.78, 5) is 21.4. The van der Waals surface area contributed by atoms with Crippen LogP contribution in [-0.4, -0.2) is 54.8 Å². The van der Waals surface area contributed by atoms with Gasteiger partial charge in [-0.2, -0.15) is 0 Å². The maximum atomic E-state index is 10.8. The number of carbonyl (C=O) groups excluding carboxylic acids is 1.